The predicted octanol–water partition coefficient (Wildman–Crippen LogP) is 3.13. The van der Waals surface area contributed by atoms with Crippen molar-refractivity contribution >= 4 is 29.7 Å². The molecular formula is C35H56N4O8. The minimum absolute atomic E-state index is 0.000438. The van der Waals surface area contributed by atoms with E-state index in [0.29, 0.717) is 5.75 Å². The number of nitrogens with zero attached hydrogens (tertiary/aromatic N) is 1. The average molecular weight is 661 g/mol. The number of nitrogens with one attached hydrogen (secondary N) is 3. The predicted molar refractivity (Wildman–Crippen MR) is 181 cm³/mol. The highest BCUT2D eigenvalue weighted by Crippen LogP contribution is 2.31. The lowest BCUT2D eigenvalue weighted by molar-refractivity contribution is -0.146. The van der Waals surface area contributed by atoms with E-state index in [0.717, 1.165) is 5.56 Å². The van der Waals surface area contributed by atoms with E-state index in [4.69, 9.17) is 9.47 Å². The second-order valence-corrected chi connectivity index (χ2v) is 13.7. The second-order valence-electron chi connectivity index (χ2n) is 13.7. The Morgan fingerprint density at radius 1 is 0.936 bits per heavy atom. The molecule has 1 rings (SSSR count). The number of amides is 3. The van der Waals surface area contributed by atoms with E-state index in [1.165, 1.54) is 19.1 Å². The van der Waals surface area contributed by atoms with Gasteiger partial charge in [-0.25, -0.2) is 4.79 Å². The zero-order valence-corrected chi connectivity index (χ0v) is 30.4. The number of methoxy groups -OCH3 is 3. The van der Waals surface area contributed by atoms with Crippen molar-refractivity contribution in [1.29, 1.82) is 0 Å². The number of likely N-dealkylation sites (N-methyl/N-ethyl adjacent to an activating group) is 2. The summed E-state index contributed by atoms with van der Waals surface area (Å²) in [6.07, 6.45) is 1.58. The monoisotopic (exact) mass is 660 g/mol. The van der Waals surface area contributed by atoms with Gasteiger partial charge in [0, 0.05) is 24.5 Å². The molecule has 3 amide bonds. The van der Waals surface area contributed by atoms with E-state index in [2.05, 4.69) is 20.7 Å². The van der Waals surface area contributed by atoms with Crippen LogP contribution in [-0.4, -0.2) is 94.2 Å². The molecule has 0 saturated heterocycles. The molecule has 1 aromatic rings. The van der Waals surface area contributed by atoms with Gasteiger partial charge in [0.15, 0.2) is 0 Å². The number of rotatable bonds is 16. The zero-order valence-electron chi connectivity index (χ0n) is 30.4. The summed E-state index contributed by atoms with van der Waals surface area (Å²) >= 11 is 0. The summed E-state index contributed by atoms with van der Waals surface area (Å²) in [4.78, 5) is 66.7. The van der Waals surface area contributed by atoms with Gasteiger partial charge in [-0.2, -0.15) is 0 Å². The number of carbonyl (C=O) groups is 5. The third-order valence-corrected chi connectivity index (χ3v) is 8.40. The van der Waals surface area contributed by atoms with Crippen LogP contribution in [0.2, 0.25) is 0 Å². The Balaban J connectivity index is 3.32. The van der Waals surface area contributed by atoms with E-state index < -0.39 is 52.8 Å². The van der Waals surface area contributed by atoms with E-state index >= 15 is 0 Å². The first-order valence-corrected chi connectivity index (χ1v) is 15.8. The molecule has 0 aliphatic heterocycles. The first-order valence-electron chi connectivity index (χ1n) is 15.8. The SMILES string of the molecule is CN[C@H](C(=O)N[C@H](C(=O)N(C)[C@H](/C=C(\C)C(=O)N[C@H](CCC(=O)OC)C(=O)OC)C(C)C)C(C)(C)C)C(C)(C)c1cccc(OC)c1. The van der Waals surface area contributed by atoms with E-state index in [9.17, 15) is 24.0 Å². The van der Waals surface area contributed by atoms with Crippen molar-refractivity contribution in [3.05, 3.63) is 41.5 Å². The molecule has 0 saturated carbocycles. The minimum Gasteiger partial charge on any atom is -0.497 e. The maximum atomic E-state index is 14.2. The number of carbonyl (C=O) groups excluding carboxylic acids is 5. The molecule has 12 heteroatoms. The highest BCUT2D eigenvalue weighted by Gasteiger charge is 2.42. The molecule has 0 aliphatic rings. The molecular weight excluding hydrogens is 604 g/mol. The summed E-state index contributed by atoms with van der Waals surface area (Å²) in [5.74, 6) is -1.87. The smallest absolute Gasteiger partial charge is 0.328 e. The van der Waals surface area contributed by atoms with Crippen molar-refractivity contribution in [2.45, 2.75) is 97.8 Å². The second kappa shape index (κ2) is 17.8. The van der Waals surface area contributed by atoms with Gasteiger partial charge in [-0.15, -0.1) is 0 Å². The molecule has 0 spiro atoms. The molecule has 0 bridgehead atoms. The molecule has 47 heavy (non-hydrogen) atoms. The molecule has 0 aliphatic carbocycles. The Morgan fingerprint density at radius 2 is 1.55 bits per heavy atom. The molecule has 0 unspecified atom stereocenters. The number of esters is 2. The van der Waals surface area contributed by atoms with Crippen molar-refractivity contribution in [1.82, 2.24) is 20.9 Å². The number of ether oxygens (including phenoxy) is 3. The van der Waals surface area contributed by atoms with Crippen LogP contribution >= 0.6 is 0 Å². The Hall–Kier alpha value is -3.93. The van der Waals surface area contributed by atoms with E-state index in [1.54, 1.807) is 34.2 Å². The van der Waals surface area contributed by atoms with Gasteiger partial charge in [0.25, 0.3) is 0 Å². The molecule has 0 radical (unpaired) electrons. The van der Waals surface area contributed by atoms with Crippen LogP contribution in [0.1, 0.15) is 73.8 Å². The fourth-order valence-corrected chi connectivity index (χ4v) is 5.35. The van der Waals surface area contributed by atoms with Crippen molar-refractivity contribution in [2.24, 2.45) is 11.3 Å². The van der Waals surface area contributed by atoms with Crippen LogP contribution in [0.5, 0.6) is 5.75 Å². The van der Waals surface area contributed by atoms with Crippen LogP contribution in [-0.2, 0) is 38.9 Å². The van der Waals surface area contributed by atoms with Gasteiger partial charge in [0.05, 0.1) is 33.4 Å². The first-order chi connectivity index (χ1) is 21.8. The van der Waals surface area contributed by atoms with Crippen LogP contribution in [0.4, 0.5) is 0 Å². The highest BCUT2D eigenvalue weighted by atomic mass is 16.5. The van der Waals surface area contributed by atoms with Crippen molar-refractivity contribution in [3.8, 4) is 5.75 Å². The summed E-state index contributed by atoms with van der Waals surface area (Å²) in [5, 5.41) is 8.78. The van der Waals surface area contributed by atoms with Crippen molar-refractivity contribution in [3.63, 3.8) is 0 Å². The van der Waals surface area contributed by atoms with E-state index in [-0.39, 0.29) is 36.1 Å². The maximum absolute atomic E-state index is 14.2. The van der Waals surface area contributed by atoms with Crippen molar-refractivity contribution in [2.75, 3.05) is 35.4 Å². The van der Waals surface area contributed by atoms with Crippen LogP contribution in [0.15, 0.2) is 35.9 Å². The molecule has 264 valence electrons. The number of hydrogen-bond acceptors (Lipinski definition) is 9. The third kappa shape index (κ3) is 11.4. The summed E-state index contributed by atoms with van der Waals surface area (Å²) in [6.45, 7) is 15.0. The van der Waals surface area contributed by atoms with Gasteiger partial charge < -0.3 is 35.1 Å². The maximum Gasteiger partial charge on any atom is 0.328 e. The summed E-state index contributed by atoms with van der Waals surface area (Å²) < 4.78 is 14.8. The standard InChI is InChI=1S/C35H56N4O8/c1-21(2)26(19-22(3)30(41)37-25(33(44)47-13)17-18-27(40)46-12)39(10)32(43)29(34(4,5)6)38-31(42)28(36-9)35(7,8)23-15-14-16-24(20-23)45-11/h14-16,19-21,25-26,28-29,36H,17-18H2,1-13H3,(H,37,41)(H,38,42)/b22-19+/t25-,26-,28-,29-/m1/s1. The average Bonchev–Trinajstić information content (AvgIpc) is 3.02. The van der Waals surface area contributed by atoms with Crippen LogP contribution in [0.25, 0.3) is 0 Å². The van der Waals surface area contributed by atoms with Gasteiger partial charge in [-0.05, 0) is 49.4 Å². The summed E-state index contributed by atoms with van der Waals surface area (Å²) in [5.41, 5.74) is -0.176. The van der Waals surface area contributed by atoms with Crippen molar-refractivity contribution < 1.29 is 38.2 Å². The molecule has 0 heterocycles. The van der Waals surface area contributed by atoms with Gasteiger partial charge in [0.2, 0.25) is 17.7 Å². The lowest BCUT2D eigenvalue weighted by Crippen LogP contribution is -2.61. The van der Waals surface area contributed by atoms with Gasteiger partial charge in [0.1, 0.15) is 17.8 Å². The van der Waals surface area contributed by atoms with Crippen LogP contribution < -0.4 is 20.7 Å². The Kier molecular flexibility index (Phi) is 15.6. The molecule has 3 N–H and O–H groups in total. The molecule has 0 aromatic heterocycles. The molecule has 4 atom stereocenters. The fourth-order valence-electron chi connectivity index (χ4n) is 5.35. The topological polar surface area (TPSA) is 152 Å². The van der Waals surface area contributed by atoms with E-state index in [1.807, 2.05) is 72.7 Å². The zero-order chi connectivity index (χ0) is 36.3. The van der Waals surface area contributed by atoms with Gasteiger partial charge in [-0.1, -0.05) is 66.7 Å². The minimum atomic E-state index is -1.06. The highest BCUT2D eigenvalue weighted by molar-refractivity contribution is 5.96. The molecule has 1 aromatic carbocycles. The fraction of sp³-hybridized carbons (Fsp3) is 0.629. The summed E-state index contributed by atoms with van der Waals surface area (Å²) in [6, 6.07) is 4.35. The normalized spacial score (nSPS) is 14.7. The Morgan fingerprint density at radius 3 is 2.04 bits per heavy atom. The third-order valence-electron chi connectivity index (χ3n) is 8.40. The first kappa shape index (κ1) is 41.1. The lowest BCUT2D eigenvalue weighted by Gasteiger charge is -2.40. The number of benzene rings is 1. The quantitative estimate of drug-likeness (QED) is 0.179. The largest absolute Gasteiger partial charge is 0.497 e. The lowest BCUT2D eigenvalue weighted by atomic mass is 9.76. The van der Waals surface area contributed by atoms with Gasteiger partial charge in [-0.3, -0.25) is 19.2 Å². The van der Waals surface area contributed by atoms with Crippen LogP contribution in [0, 0.1) is 11.3 Å². The summed E-state index contributed by atoms with van der Waals surface area (Å²) in [7, 11) is 7.37. The number of hydrogen-bond donors (Lipinski definition) is 3. The Bertz CT molecular complexity index is 1280. The molecule has 12 nitrogen and oxygen atoms in total. The van der Waals surface area contributed by atoms with Crippen LogP contribution in [0.3, 0.4) is 0 Å². The Labute approximate surface area is 280 Å². The molecule has 0 fully saturated rings. The van der Waals surface area contributed by atoms with Gasteiger partial charge >= 0.3 is 11.9 Å².